The van der Waals surface area contributed by atoms with Gasteiger partial charge in [-0.25, -0.2) is 18.1 Å². The highest BCUT2D eigenvalue weighted by Gasteiger charge is 2.16. The number of benzene rings is 2. The summed E-state index contributed by atoms with van der Waals surface area (Å²) >= 11 is 0. The van der Waals surface area contributed by atoms with Crippen molar-refractivity contribution < 1.29 is 13.2 Å². The molecule has 144 valence electrons. The highest BCUT2D eigenvalue weighted by atomic mass is 32.2. The summed E-state index contributed by atoms with van der Waals surface area (Å²) in [5.41, 5.74) is 2.08. The van der Waals surface area contributed by atoms with Crippen molar-refractivity contribution in [2.24, 2.45) is 0 Å². The minimum absolute atomic E-state index is 0.0370. The van der Waals surface area contributed by atoms with Crippen molar-refractivity contribution in [3.63, 3.8) is 0 Å². The molecule has 0 radical (unpaired) electrons. The van der Waals surface area contributed by atoms with Crippen LogP contribution < -0.4 is 15.6 Å². The van der Waals surface area contributed by atoms with Crippen LogP contribution in [0.4, 0.5) is 11.6 Å². The van der Waals surface area contributed by atoms with E-state index in [1.165, 1.54) is 37.3 Å². The molecular weight excluding hydrogens is 380 g/mol. The van der Waals surface area contributed by atoms with Crippen LogP contribution in [-0.2, 0) is 14.8 Å². The van der Waals surface area contributed by atoms with Crippen LogP contribution in [0.5, 0.6) is 0 Å². The molecule has 0 fully saturated rings. The Morgan fingerprint density at radius 1 is 1.04 bits per heavy atom. The Hall–Kier alpha value is -3.46. The highest BCUT2D eigenvalue weighted by molar-refractivity contribution is 7.92. The number of carbonyl (C=O) groups excluding carboxylic acids is 1. The van der Waals surface area contributed by atoms with Crippen LogP contribution in [0.1, 0.15) is 12.5 Å². The Labute approximate surface area is 161 Å². The van der Waals surface area contributed by atoms with E-state index in [1.54, 1.807) is 12.1 Å². The number of aryl methyl sites for hydroxylation is 1. The van der Waals surface area contributed by atoms with Crippen LogP contribution in [0.15, 0.2) is 64.3 Å². The fourth-order valence-corrected chi connectivity index (χ4v) is 3.45. The molecule has 0 saturated heterocycles. The van der Waals surface area contributed by atoms with E-state index in [0.29, 0.717) is 16.9 Å². The zero-order chi connectivity index (χ0) is 20.3. The number of aromatic nitrogens is 2. The average Bonchev–Trinajstić information content (AvgIpc) is 2.61. The van der Waals surface area contributed by atoms with Gasteiger partial charge < -0.3 is 5.32 Å². The summed E-state index contributed by atoms with van der Waals surface area (Å²) < 4.78 is 27.4. The molecule has 0 aliphatic rings. The van der Waals surface area contributed by atoms with Crippen molar-refractivity contribution in [2.75, 3.05) is 10.0 Å². The zero-order valence-corrected chi connectivity index (χ0v) is 16.0. The van der Waals surface area contributed by atoms with Crippen molar-refractivity contribution in [1.29, 1.82) is 0 Å². The van der Waals surface area contributed by atoms with Crippen molar-refractivity contribution in [1.82, 2.24) is 9.97 Å². The lowest BCUT2D eigenvalue weighted by Gasteiger charge is -2.09. The molecular formula is C19H18N4O4S. The van der Waals surface area contributed by atoms with Crippen LogP contribution in [0.3, 0.4) is 0 Å². The minimum Gasteiger partial charge on any atom is -0.326 e. The minimum atomic E-state index is -3.98. The van der Waals surface area contributed by atoms with E-state index < -0.39 is 15.6 Å². The van der Waals surface area contributed by atoms with Crippen molar-refractivity contribution in [3.8, 4) is 11.3 Å². The predicted molar refractivity (Wildman–Crippen MR) is 107 cm³/mol. The molecule has 2 aromatic carbocycles. The first-order valence-electron chi connectivity index (χ1n) is 8.32. The summed E-state index contributed by atoms with van der Waals surface area (Å²) in [6.45, 7) is 3.29. The number of carbonyl (C=O) groups is 1. The van der Waals surface area contributed by atoms with Crippen LogP contribution in [0.25, 0.3) is 11.3 Å². The Morgan fingerprint density at radius 3 is 2.29 bits per heavy atom. The number of H-pyrrole nitrogens is 1. The Balaban J connectivity index is 1.89. The van der Waals surface area contributed by atoms with Gasteiger partial charge in [0.25, 0.3) is 15.6 Å². The topological polar surface area (TPSA) is 121 Å². The fraction of sp³-hybridized carbons (Fsp3) is 0.105. The maximum Gasteiger partial charge on any atom is 0.264 e. The van der Waals surface area contributed by atoms with Crippen LogP contribution in [0, 0.1) is 6.92 Å². The molecule has 0 aliphatic heterocycles. The summed E-state index contributed by atoms with van der Waals surface area (Å²) in [4.78, 5) is 29.5. The number of nitrogens with one attached hydrogen (secondary N) is 3. The van der Waals surface area contributed by atoms with Crippen LogP contribution in [0.2, 0.25) is 0 Å². The molecule has 0 aliphatic carbocycles. The summed E-state index contributed by atoms with van der Waals surface area (Å²) in [5, 5.41) is 2.56. The van der Waals surface area contributed by atoms with Crippen LogP contribution >= 0.6 is 0 Å². The third-order valence-electron chi connectivity index (χ3n) is 3.81. The number of nitrogens with zero attached hydrogens (tertiary/aromatic N) is 1. The number of sulfonamides is 1. The molecule has 3 aromatic rings. The molecule has 8 nitrogen and oxygen atoms in total. The number of hydrogen-bond donors (Lipinski definition) is 3. The van der Waals surface area contributed by atoms with Gasteiger partial charge in [0, 0.05) is 24.2 Å². The number of aromatic amines is 1. The van der Waals surface area contributed by atoms with E-state index >= 15 is 0 Å². The standard InChI is InChI=1S/C19H18N4O4S/c1-12-3-5-14(6-4-12)17-11-18(25)22-19(21-17)23-28(26,27)16-9-7-15(8-10-16)20-13(2)24/h3-11H,1-2H3,(H,20,24)(H2,21,22,23,25). The van der Waals surface area contributed by atoms with Gasteiger partial charge in [0.05, 0.1) is 10.6 Å². The summed E-state index contributed by atoms with van der Waals surface area (Å²) in [6.07, 6.45) is 0. The molecule has 0 saturated carbocycles. The number of anilines is 2. The fourth-order valence-electron chi connectivity index (χ4n) is 2.49. The van der Waals surface area contributed by atoms with Crippen molar-refractivity contribution in [2.45, 2.75) is 18.7 Å². The maximum absolute atomic E-state index is 12.6. The zero-order valence-electron chi connectivity index (χ0n) is 15.2. The lowest BCUT2D eigenvalue weighted by Crippen LogP contribution is -2.19. The molecule has 28 heavy (non-hydrogen) atoms. The number of hydrogen-bond acceptors (Lipinski definition) is 5. The lowest BCUT2D eigenvalue weighted by molar-refractivity contribution is -0.114. The molecule has 3 rings (SSSR count). The quantitative estimate of drug-likeness (QED) is 0.610. The van der Waals surface area contributed by atoms with Crippen molar-refractivity contribution >= 4 is 27.6 Å². The average molecular weight is 398 g/mol. The smallest absolute Gasteiger partial charge is 0.264 e. The number of rotatable bonds is 5. The third-order valence-corrected chi connectivity index (χ3v) is 5.16. The van der Waals surface area contributed by atoms with Gasteiger partial charge in [0.2, 0.25) is 11.9 Å². The van der Waals surface area contributed by atoms with Crippen molar-refractivity contribution in [3.05, 3.63) is 70.5 Å². The first-order chi connectivity index (χ1) is 13.2. The Bertz CT molecular complexity index is 1170. The molecule has 0 spiro atoms. The molecule has 0 bridgehead atoms. The summed E-state index contributed by atoms with van der Waals surface area (Å²) in [6, 6.07) is 14.3. The van der Waals surface area contributed by atoms with E-state index in [-0.39, 0.29) is 16.8 Å². The molecule has 1 amide bonds. The second-order valence-electron chi connectivity index (χ2n) is 6.16. The first kappa shape index (κ1) is 19.3. The van der Waals surface area contributed by atoms with E-state index in [9.17, 15) is 18.0 Å². The lowest BCUT2D eigenvalue weighted by atomic mass is 10.1. The van der Waals surface area contributed by atoms with Gasteiger partial charge >= 0.3 is 0 Å². The van der Waals surface area contributed by atoms with E-state index in [0.717, 1.165) is 5.56 Å². The highest BCUT2D eigenvalue weighted by Crippen LogP contribution is 2.19. The second-order valence-corrected chi connectivity index (χ2v) is 7.84. The maximum atomic E-state index is 12.6. The van der Waals surface area contributed by atoms with E-state index in [2.05, 4.69) is 20.0 Å². The summed E-state index contributed by atoms with van der Waals surface area (Å²) in [5.74, 6) is -0.447. The van der Waals surface area contributed by atoms with Crippen LogP contribution in [-0.4, -0.2) is 24.3 Å². The Kier molecular flexibility index (Phi) is 5.27. The molecule has 0 unspecified atom stereocenters. The molecule has 0 atom stereocenters. The molecule has 1 heterocycles. The third kappa shape index (κ3) is 4.63. The summed E-state index contributed by atoms with van der Waals surface area (Å²) in [7, 11) is -3.98. The normalized spacial score (nSPS) is 11.1. The van der Waals surface area contributed by atoms with Gasteiger partial charge in [-0.05, 0) is 31.2 Å². The Morgan fingerprint density at radius 2 is 1.68 bits per heavy atom. The van der Waals surface area contributed by atoms with Gasteiger partial charge in [-0.3, -0.25) is 14.6 Å². The van der Waals surface area contributed by atoms with Gasteiger partial charge in [0.1, 0.15) is 0 Å². The SMILES string of the molecule is CC(=O)Nc1ccc(S(=O)(=O)Nc2nc(-c3ccc(C)cc3)cc(=O)[nH]2)cc1. The molecule has 1 aromatic heterocycles. The molecule has 3 N–H and O–H groups in total. The number of amides is 1. The van der Waals surface area contributed by atoms with Gasteiger partial charge in [-0.2, -0.15) is 0 Å². The van der Waals surface area contributed by atoms with Gasteiger partial charge in [-0.1, -0.05) is 29.8 Å². The largest absolute Gasteiger partial charge is 0.326 e. The predicted octanol–water partition coefficient (Wildman–Crippen LogP) is 2.50. The first-order valence-corrected chi connectivity index (χ1v) is 9.80. The monoisotopic (exact) mass is 398 g/mol. The second kappa shape index (κ2) is 7.65. The van der Waals surface area contributed by atoms with Gasteiger partial charge in [0.15, 0.2) is 0 Å². The molecule has 9 heteroatoms. The van der Waals surface area contributed by atoms with E-state index in [1.807, 2.05) is 19.1 Å². The van der Waals surface area contributed by atoms with Gasteiger partial charge in [-0.15, -0.1) is 0 Å². The van der Waals surface area contributed by atoms with E-state index in [4.69, 9.17) is 0 Å².